The van der Waals surface area contributed by atoms with Crippen LogP contribution in [0.15, 0.2) is 66.9 Å². The normalized spacial score (nSPS) is 22.0. The Morgan fingerprint density at radius 3 is 2.48 bits per heavy atom. The Morgan fingerprint density at radius 2 is 1.75 bits per heavy atom. The maximum Gasteiger partial charge on any atom is 0.411 e. The first kappa shape index (κ1) is 29.3. The molecule has 3 aliphatic rings. The molecule has 1 saturated heterocycles. The van der Waals surface area contributed by atoms with Crippen LogP contribution in [0.4, 0.5) is 16.3 Å². The first-order chi connectivity index (χ1) is 20.8. The third kappa shape index (κ3) is 5.08. The van der Waals surface area contributed by atoms with E-state index < -0.39 is 28.7 Å². The molecule has 1 spiro atoms. The standard InChI is InChI=1S/C34H37N5O5/c1-32(2,3)44-31(43)39-19-26(21-10-7-6-8-11-21)38(30(42)33(39,4)5)20-27(40)36-24-14-13-22-17-34(18-23(22)16-24)25-12-9-15-35-28(25)37-29(34)41/h6-16,26H,17-20H2,1-5H3,(H,36,40)(H,35,37,41)/t26-,34-/m1/s1. The SMILES string of the molecule is CC(C)(C)OC(=O)N1C[C@H](c2ccccc2)N(CC(=O)Nc2ccc3c(c2)C[C@@]2(C3)C(=O)Nc3ncccc32)C(=O)C1(C)C. The molecule has 10 nitrogen and oxygen atoms in total. The van der Waals surface area contributed by atoms with Crippen molar-refractivity contribution in [1.29, 1.82) is 0 Å². The second kappa shape index (κ2) is 10.5. The molecule has 44 heavy (non-hydrogen) atoms. The first-order valence-corrected chi connectivity index (χ1v) is 14.8. The second-order valence-electron chi connectivity index (χ2n) is 13.3. The number of carbonyl (C=O) groups is 4. The first-order valence-electron chi connectivity index (χ1n) is 14.8. The van der Waals surface area contributed by atoms with Crippen LogP contribution >= 0.6 is 0 Å². The summed E-state index contributed by atoms with van der Waals surface area (Å²) in [5, 5.41) is 5.88. The van der Waals surface area contributed by atoms with Crippen molar-refractivity contribution >= 4 is 35.3 Å². The van der Waals surface area contributed by atoms with E-state index in [-0.39, 0.29) is 30.8 Å². The number of hydrogen-bond donors (Lipinski definition) is 2. The summed E-state index contributed by atoms with van der Waals surface area (Å²) in [6, 6.07) is 18.3. The fourth-order valence-electron chi connectivity index (χ4n) is 6.57. The summed E-state index contributed by atoms with van der Waals surface area (Å²) in [6.07, 6.45) is 2.16. The third-order valence-corrected chi connectivity index (χ3v) is 8.77. The van der Waals surface area contributed by atoms with Crippen LogP contribution < -0.4 is 10.6 Å². The van der Waals surface area contributed by atoms with Crippen molar-refractivity contribution < 1.29 is 23.9 Å². The van der Waals surface area contributed by atoms with Crippen molar-refractivity contribution in [1.82, 2.24) is 14.8 Å². The van der Waals surface area contributed by atoms with Gasteiger partial charge in [0.1, 0.15) is 23.5 Å². The van der Waals surface area contributed by atoms with Crippen LogP contribution in [0.5, 0.6) is 0 Å². The second-order valence-corrected chi connectivity index (χ2v) is 13.3. The van der Waals surface area contributed by atoms with Crippen LogP contribution in [-0.4, -0.2) is 62.8 Å². The maximum atomic E-state index is 14.0. The highest BCUT2D eigenvalue weighted by Gasteiger charge is 2.52. The van der Waals surface area contributed by atoms with Crippen molar-refractivity contribution in [2.75, 3.05) is 23.7 Å². The van der Waals surface area contributed by atoms with Crippen LogP contribution in [0.2, 0.25) is 0 Å². The van der Waals surface area contributed by atoms with E-state index in [9.17, 15) is 19.2 Å². The predicted molar refractivity (Wildman–Crippen MR) is 165 cm³/mol. The lowest BCUT2D eigenvalue weighted by molar-refractivity contribution is -0.155. The minimum Gasteiger partial charge on any atom is -0.444 e. The Balaban J connectivity index is 1.22. The Morgan fingerprint density at radius 1 is 1.02 bits per heavy atom. The topological polar surface area (TPSA) is 121 Å². The summed E-state index contributed by atoms with van der Waals surface area (Å²) in [5.74, 6) is -0.173. The maximum absolute atomic E-state index is 14.0. The molecular weight excluding hydrogens is 558 g/mol. The van der Waals surface area contributed by atoms with Gasteiger partial charge < -0.3 is 20.3 Å². The molecule has 0 radical (unpaired) electrons. The number of anilines is 2. The number of rotatable bonds is 4. The van der Waals surface area contributed by atoms with Crippen LogP contribution in [0.25, 0.3) is 0 Å². The van der Waals surface area contributed by atoms with Gasteiger partial charge in [0.15, 0.2) is 0 Å². The van der Waals surface area contributed by atoms with Gasteiger partial charge in [-0.3, -0.25) is 19.3 Å². The number of piperazine rings is 1. The zero-order chi connectivity index (χ0) is 31.4. The lowest BCUT2D eigenvalue weighted by atomic mass is 9.79. The van der Waals surface area contributed by atoms with Gasteiger partial charge in [0.25, 0.3) is 0 Å². The molecule has 4 amide bonds. The average molecular weight is 596 g/mol. The molecule has 1 aromatic heterocycles. The molecule has 3 heterocycles. The Labute approximate surface area is 256 Å². The molecule has 1 fully saturated rings. The monoisotopic (exact) mass is 595 g/mol. The lowest BCUT2D eigenvalue weighted by Crippen LogP contribution is -2.66. The van der Waals surface area contributed by atoms with Crippen molar-refractivity contribution in [2.45, 2.75) is 70.1 Å². The van der Waals surface area contributed by atoms with Gasteiger partial charge in [0.2, 0.25) is 17.7 Å². The van der Waals surface area contributed by atoms with Gasteiger partial charge in [-0.05, 0) is 82.3 Å². The van der Waals surface area contributed by atoms with Crippen molar-refractivity contribution in [3.63, 3.8) is 0 Å². The van der Waals surface area contributed by atoms with Crippen molar-refractivity contribution in [3.05, 3.63) is 89.1 Å². The van der Waals surface area contributed by atoms with Crippen LogP contribution in [-0.2, 0) is 37.4 Å². The molecule has 0 bridgehead atoms. The fraction of sp³-hybridized carbons (Fsp3) is 0.382. The van der Waals surface area contributed by atoms with E-state index in [0.29, 0.717) is 24.3 Å². The fourth-order valence-corrected chi connectivity index (χ4v) is 6.57. The summed E-state index contributed by atoms with van der Waals surface area (Å²) in [6.45, 7) is 8.67. The van der Waals surface area contributed by atoms with Crippen LogP contribution in [0, 0.1) is 0 Å². The molecule has 1 aliphatic carbocycles. The molecule has 2 aliphatic heterocycles. The minimum atomic E-state index is -1.23. The molecular formula is C34H37N5O5. The molecule has 2 N–H and O–H groups in total. The van der Waals surface area contributed by atoms with Crippen molar-refractivity contribution in [3.8, 4) is 0 Å². The number of aromatic nitrogens is 1. The van der Waals surface area contributed by atoms with Crippen LogP contribution in [0.3, 0.4) is 0 Å². The zero-order valence-corrected chi connectivity index (χ0v) is 25.6. The van der Waals surface area contributed by atoms with E-state index in [0.717, 1.165) is 22.3 Å². The highest BCUT2D eigenvalue weighted by molar-refractivity contribution is 6.06. The summed E-state index contributed by atoms with van der Waals surface area (Å²) in [7, 11) is 0. The number of hydrogen-bond acceptors (Lipinski definition) is 6. The molecule has 228 valence electrons. The highest BCUT2D eigenvalue weighted by Crippen LogP contribution is 2.47. The van der Waals surface area contributed by atoms with Gasteiger partial charge in [0.05, 0.1) is 11.5 Å². The largest absolute Gasteiger partial charge is 0.444 e. The zero-order valence-electron chi connectivity index (χ0n) is 25.6. The van der Waals surface area contributed by atoms with E-state index >= 15 is 0 Å². The van der Waals surface area contributed by atoms with E-state index in [1.807, 2.05) is 60.7 Å². The Bertz CT molecular complexity index is 1660. The molecule has 6 rings (SSSR count). The number of benzene rings is 2. The highest BCUT2D eigenvalue weighted by atomic mass is 16.6. The van der Waals surface area contributed by atoms with Gasteiger partial charge in [-0.1, -0.05) is 42.5 Å². The molecule has 3 aromatic rings. The smallest absolute Gasteiger partial charge is 0.411 e. The van der Waals surface area contributed by atoms with Crippen molar-refractivity contribution in [2.24, 2.45) is 0 Å². The summed E-state index contributed by atoms with van der Waals surface area (Å²) in [4.78, 5) is 61.1. The predicted octanol–water partition coefficient (Wildman–Crippen LogP) is 4.61. The average Bonchev–Trinajstić information content (AvgIpc) is 3.47. The van der Waals surface area contributed by atoms with Crippen LogP contribution in [0.1, 0.15) is 62.9 Å². The number of nitrogens with zero attached hydrogens (tertiary/aromatic N) is 3. The quantitative estimate of drug-likeness (QED) is 0.455. The van der Waals surface area contributed by atoms with Gasteiger partial charge in [-0.25, -0.2) is 9.78 Å². The van der Waals surface area contributed by atoms with Gasteiger partial charge in [0, 0.05) is 24.0 Å². The number of carbonyl (C=O) groups excluding carboxylic acids is 4. The van der Waals surface area contributed by atoms with E-state index in [4.69, 9.17) is 4.74 Å². The molecule has 0 saturated carbocycles. The molecule has 0 unspecified atom stereocenters. The van der Waals surface area contributed by atoms with Gasteiger partial charge in [-0.2, -0.15) is 0 Å². The number of fused-ring (bicyclic) bond motifs is 3. The number of amides is 4. The summed E-state index contributed by atoms with van der Waals surface area (Å²) >= 11 is 0. The molecule has 10 heteroatoms. The molecule has 2 aromatic carbocycles. The number of nitrogens with one attached hydrogen (secondary N) is 2. The summed E-state index contributed by atoms with van der Waals surface area (Å²) in [5.41, 5.74) is 1.66. The van der Waals surface area contributed by atoms with E-state index in [1.54, 1.807) is 45.7 Å². The van der Waals surface area contributed by atoms with E-state index in [2.05, 4.69) is 15.6 Å². The lowest BCUT2D eigenvalue weighted by Gasteiger charge is -2.49. The van der Waals surface area contributed by atoms with E-state index in [1.165, 1.54) is 4.90 Å². The number of ether oxygens (including phenoxy) is 1. The third-order valence-electron chi connectivity index (χ3n) is 8.77. The van der Waals surface area contributed by atoms with Gasteiger partial charge in [-0.15, -0.1) is 0 Å². The Hall–Kier alpha value is -4.73. The number of pyridine rings is 1. The molecule has 2 atom stereocenters. The van der Waals surface area contributed by atoms with Gasteiger partial charge >= 0.3 is 6.09 Å². The summed E-state index contributed by atoms with van der Waals surface area (Å²) < 4.78 is 5.65. The Kier molecular flexibility index (Phi) is 6.98. The minimum absolute atomic E-state index is 0.0633.